The predicted molar refractivity (Wildman–Crippen MR) is 201 cm³/mol. The van der Waals surface area contributed by atoms with Crippen LogP contribution in [0.1, 0.15) is 84.3 Å². The SMILES string of the molecule is CC.CCC(=O)O.CCCCNC(=O)CO.CCCOCCOCCOCCOCCNC(=O)CNC(=O)CNC(=O)CCCc1ccc(C)cc1. The molecule has 4 amide bonds. The Morgan fingerprint density at radius 1 is 0.596 bits per heavy atom. The third-order valence-electron chi connectivity index (χ3n) is 6.21. The summed E-state index contributed by atoms with van der Waals surface area (Å²) in [5.41, 5.74) is 2.38. The molecule has 1 aromatic rings. The van der Waals surface area contributed by atoms with Gasteiger partial charge in [0.2, 0.25) is 23.6 Å². The van der Waals surface area contributed by atoms with Crippen molar-refractivity contribution in [3.63, 3.8) is 0 Å². The van der Waals surface area contributed by atoms with E-state index in [4.69, 9.17) is 29.2 Å². The molecule has 0 aliphatic heterocycles. The number of hydrogen-bond donors (Lipinski definition) is 6. The lowest BCUT2D eigenvalue weighted by molar-refractivity contribution is -0.136. The number of rotatable bonds is 27. The van der Waals surface area contributed by atoms with Crippen LogP contribution in [0.5, 0.6) is 0 Å². The first-order valence-corrected chi connectivity index (χ1v) is 18.3. The number of carboxylic acid groups (broad SMARTS) is 1. The Labute approximate surface area is 311 Å². The zero-order valence-corrected chi connectivity index (χ0v) is 32.5. The summed E-state index contributed by atoms with van der Waals surface area (Å²) in [6, 6.07) is 8.20. The second kappa shape index (κ2) is 41.8. The normalized spacial score (nSPS) is 9.83. The van der Waals surface area contributed by atoms with Gasteiger partial charge in [-0.15, -0.1) is 0 Å². The van der Waals surface area contributed by atoms with Crippen molar-refractivity contribution < 1.29 is 53.1 Å². The van der Waals surface area contributed by atoms with Gasteiger partial charge >= 0.3 is 5.97 Å². The van der Waals surface area contributed by atoms with Gasteiger partial charge in [-0.3, -0.25) is 24.0 Å². The van der Waals surface area contributed by atoms with Crippen LogP contribution >= 0.6 is 0 Å². The van der Waals surface area contributed by atoms with Crippen LogP contribution in [0.3, 0.4) is 0 Å². The average Bonchev–Trinajstić information content (AvgIpc) is 3.15. The van der Waals surface area contributed by atoms with Gasteiger partial charge < -0.3 is 50.4 Å². The Balaban J connectivity index is -0.00000125. The van der Waals surface area contributed by atoms with E-state index in [0.717, 1.165) is 32.3 Å². The van der Waals surface area contributed by atoms with E-state index in [-0.39, 0.29) is 37.2 Å². The quantitative estimate of drug-likeness (QED) is 0.0721. The van der Waals surface area contributed by atoms with Crippen molar-refractivity contribution in [3.8, 4) is 0 Å². The van der Waals surface area contributed by atoms with Gasteiger partial charge in [0.1, 0.15) is 6.61 Å². The van der Waals surface area contributed by atoms with E-state index in [2.05, 4.69) is 40.3 Å². The summed E-state index contributed by atoms with van der Waals surface area (Å²) >= 11 is 0. The fourth-order valence-electron chi connectivity index (χ4n) is 3.41. The van der Waals surface area contributed by atoms with Gasteiger partial charge in [0.15, 0.2) is 0 Å². The molecule has 0 radical (unpaired) electrons. The van der Waals surface area contributed by atoms with Crippen molar-refractivity contribution in [2.45, 2.75) is 86.5 Å². The highest BCUT2D eigenvalue weighted by Crippen LogP contribution is 2.07. The topological polar surface area (TPSA) is 211 Å². The maximum absolute atomic E-state index is 11.9. The van der Waals surface area contributed by atoms with Gasteiger partial charge in [-0.05, 0) is 38.2 Å². The number of unbranched alkanes of at least 4 members (excludes halogenated alkanes) is 1. The monoisotopic (exact) mass is 744 g/mol. The number of carbonyl (C=O) groups is 5. The summed E-state index contributed by atoms with van der Waals surface area (Å²) in [5, 5.41) is 26.2. The molecule has 15 heteroatoms. The van der Waals surface area contributed by atoms with E-state index in [1.165, 1.54) is 11.1 Å². The summed E-state index contributed by atoms with van der Waals surface area (Å²) in [6.07, 6.45) is 5.12. The van der Waals surface area contributed by atoms with Crippen molar-refractivity contribution in [3.05, 3.63) is 35.4 Å². The molecule has 0 aliphatic carbocycles. The molecule has 0 bridgehead atoms. The van der Waals surface area contributed by atoms with Crippen LogP contribution in [0, 0.1) is 6.92 Å². The summed E-state index contributed by atoms with van der Waals surface area (Å²) in [5.74, 6) is -1.96. The highest BCUT2D eigenvalue weighted by Gasteiger charge is 2.08. The Morgan fingerprint density at radius 3 is 1.54 bits per heavy atom. The van der Waals surface area contributed by atoms with E-state index in [1.54, 1.807) is 6.92 Å². The first kappa shape index (κ1) is 52.7. The molecular weight excluding hydrogens is 676 g/mol. The lowest BCUT2D eigenvalue weighted by Crippen LogP contribution is -2.42. The highest BCUT2D eigenvalue weighted by molar-refractivity contribution is 5.88. The Kier molecular flexibility index (Phi) is 42.4. The number of aliphatic hydroxyl groups is 1. The van der Waals surface area contributed by atoms with Gasteiger partial charge in [-0.2, -0.15) is 0 Å². The molecule has 15 nitrogen and oxygen atoms in total. The lowest BCUT2D eigenvalue weighted by Gasteiger charge is -2.09. The standard InChI is InChI=1S/C26H43N3O7.C6H13NO2.C3H6O2.C2H6/c1-3-12-33-14-16-35-18-19-36-17-15-34-13-11-27-25(31)20-29-26(32)21-28-24(30)6-4-5-23-9-7-22(2)8-10-23;1-2-3-4-7-6(9)5-8;1-2-3(4)5;1-2/h7-10H,3-6,11-21H2,1-2H3,(H,27,31)(H,28,30)(H,29,32);8H,2-5H2,1H3,(H,7,9);2H2,1H3,(H,4,5);1-2H3. The largest absolute Gasteiger partial charge is 0.481 e. The van der Waals surface area contributed by atoms with Crippen LogP contribution in [0.4, 0.5) is 0 Å². The number of aliphatic hydroxyl groups excluding tert-OH is 1. The fraction of sp³-hybridized carbons (Fsp3) is 0.703. The molecule has 52 heavy (non-hydrogen) atoms. The molecule has 0 atom stereocenters. The predicted octanol–water partition coefficient (Wildman–Crippen LogP) is 2.54. The molecule has 0 fully saturated rings. The number of carbonyl (C=O) groups excluding carboxylic acids is 4. The minimum Gasteiger partial charge on any atom is -0.481 e. The molecule has 0 spiro atoms. The second-order valence-electron chi connectivity index (χ2n) is 10.8. The van der Waals surface area contributed by atoms with Gasteiger partial charge in [0, 0.05) is 32.5 Å². The first-order chi connectivity index (χ1) is 25.1. The summed E-state index contributed by atoms with van der Waals surface area (Å²) in [6.45, 7) is 16.1. The molecule has 6 N–H and O–H groups in total. The van der Waals surface area contributed by atoms with Crippen LogP contribution in [0.2, 0.25) is 0 Å². The lowest BCUT2D eigenvalue weighted by atomic mass is 10.1. The molecule has 1 rings (SSSR count). The van der Waals surface area contributed by atoms with E-state index >= 15 is 0 Å². The minimum atomic E-state index is -0.745. The van der Waals surface area contributed by atoms with Crippen LogP contribution < -0.4 is 21.3 Å². The van der Waals surface area contributed by atoms with E-state index < -0.39 is 18.5 Å². The number of ether oxygens (including phenoxy) is 4. The van der Waals surface area contributed by atoms with E-state index in [0.29, 0.717) is 72.2 Å². The third-order valence-corrected chi connectivity index (χ3v) is 6.21. The highest BCUT2D eigenvalue weighted by atomic mass is 16.6. The first-order valence-electron chi connectivity index (χ1n) is 18.3. The number of hydrogen-bond acceptors (Lipinski definition) is 10. The summed E-state index contributed by atoms with van der Waals surface area (Å²) in [7, 11) is 0. The zero-order valence-electron chi connectivity index (χ0n) is 32.5. The van der Waals surface area contributed by atoms with Gasteiger partial charge in [0.05, 0.1) is 59.3 Å². The third kappa shape index (κ3) is 42.5. The maximum atomic E-state index is 11.9. The number of carboxylic acids is 1. The van der Waals surface area contributed by atoms with Crippen molar-refractivity contribution in [1.29, 1.82) is 0 Å². The van der Waals surface area contributed by atoms with Crippen molar-refractivity contribution in [2.75, 3.05) is 85.6 Å². The molecule has 1 aromatic carbocycles. The van der Waals surface area contributed by atoms with Crippen molar-refractivity contribution >= 4 is 29.6 Å². The molecule has 0 saturated carbocycles. The van der Waals surface area contributed by atoms with E-state index in [9.17, 15) is 24.0 Å². The number of aliphatic carboxylic acids is 1. The number of aryl methyl sites for hydroxylation is 2. The Bertz CT molecular complexity index is 1010. The zero-order chi connectivity index (χ0) is 39.7. The van der Waals surface area contributed by atoms with Gasteiger partial charge in [-0.25, -0.2) is 0 Å². The van der Waals surface area contributed by atoms with Crippen LogP contribution in [-0.4, -0.2) is 125 Å². The molecule has 0 heterocycles. The molecule has 0 saturated heterocycles. The molecule has 0 aromatic heterocycles. The maximum Gasteiger partial charge on any atom is 0.303 e. The fourth-order valence-corrected chi connectivity index (χ4v) is 3.41. The van der Waals surface area contributed by atoms with Gasteiger partial charge in [0.25, 0.3) is 0 Å². The number of benzene rings is 1. The van der Waals surface area contributed by atoms with Crippen molar-refractivity contribution in [2.24, 2.45) is 0 Å². The van der Waals surface area contributed by atoms with Gasteiger partial charge in [-0.1, -0.05) is 70.9 Å². The average molecular weight is 745 g/mol. The second-order valence-corrected chi connectivity index (χ2v) is 10.8. The number of nitrogens with one attached hydrogen (secondary N) is 4. The minimum absolute atomic E-state index is 0.155. The summed E-state index contributed by atoms with van der Waals surface area (Å²) < 4.78 is 21.4. The Morgan fingerprint density at radius 2 is 1.06 bits per heavy atom. The molecule has 0 aliphatic rings. The van der Waals surface area contributed by atoms with E-state index in [1.807, 2.05) is 39.8 Å². The summed E-state index contributed by atoms with van der Waals surface area (Å²) in [4.78, 5) is 55.2. The molecular formula is C37H68N4O11. The van der Waals surface area contributed by atoms with Crippen LogP contribution in [-0.2, 0) is 49.3 Å². The smallest absolute Gasteiger partial charge is 0.303 e. The number of amides is 4. The van der Waals surface area contributed by atoms with Crippen molar-refractivity contribution in [1.82, 2.24) is 21.3 Å². The molecule has 0 unspecified atom stereocenters. The van der Waals surface area contributed by atoms with Crippen LogP contribution in [0.25, 0.3) is 0 Å². The van der Waals surface area contributed by atoms with Crippen LogP contribution in [0.15, 0.2) is 24.3 Å². The molecule has 302 valence electrons. The Hall–Kier alpha value is -3.63.